The maximum Gasteiger partial charge on any atom is 0.195 e. The number of likely N-dealkylation sites (tertiary alicyclic amines) is 1. The molecule has 17 heavy (non-hydrogen) atoms. The zero-order valence-corrected chi connectivity index (χ0v) is 12.1. The fourth-order valence-corrected chi connectivity index (χ4v) is 2.47. The molecule has 0 radical (unpaired) electrons. The minimum Gasteiger partial charge on any atom is -0.349 e. The topological polar surface area (TPSA) is 22.1 Å². The zero-order chi connectivity index (χ0) is 12.8. The van der Waals surface area contributed by atoms with Crippen LogP contribution in [0, 0.1) is 5.92 Å². The van der Waals surface area contributed by atoms with Crippen molar-refractivity contribution in [3.8, 4) is 0 Å². The molecule has 4 heteroatoms. The Morgan fingerprint density at radius 1 is 1.24 bits per heavy atom. The van der Waals surface area contributed by atoms with Gasteiger partial charge in [-0.2, -0.15) is 0 Å². The summed E-state index contributed by atoms with van der Waals surface area (Å²) in [6.45, 7) is 6.95. The van der Waals surface area contributed by atoms with Gasteiger partial charge in [0.2, 0.25) is 0 Å². The molecule has 1 fully saturated rings. The van der Waals surface area contributed by atoms with Gasteiger partial charge >= 0.3 is 0 Å². The third-order valence-corrected chi connectivity index (χ3v) is 3.20. The van der Waals surface area contributed by atoms with Crippen LogP contribution < -0.4 is 0 Å². The number of nitrogens with zero attached hydrogens (tertiary/aromatic N) is 4. The molecule has 0 N–H and O–H groups in total. The first kappa shape index (κ1) is 14.3. The summed E-state index contributed by atoms with van der Waals surface area (Å²) in [6.07, 6.45) is 2.56. The van der Waals surface area contributed by atoms with Crippen LogP contribution in [0.25, 0.3) is 0 Å². The Kier molecular flexibility index (Phi) is 5.75. The van der Waals surface area contributed by atoms with Gasteiger partial charge in [0.1, 0.15) is 0 Å². The lowest BCUT2D eigenvalue weighted by Crippen LogP contribution is -2.36. The smallest absolute Gasteiger partial charge is 0.195 e. The minimum atomic E-state index is 0.747. The van der Waals surface area contributed by atoms with E-state index in [0.717, 1.165) is 18.4 Å². The third-order valence-electron chi connectivity index (χ3n) is 3.20. The molecule has 0 spiro atoms. The van der Waals surface area contributed by atoms with Gasteiger partial charge < -0.3 is 14.7 Å². The number of hydrogen-bond acceptors (Lipinski definition) is 2. The molecule has 1 aliphatic heterocycles. The van der Waals surface area contributed by atoms with Crippen molar-refractivity contribution < 1.29 is 0 Å². The molecular weight excluding hydrogens is 212 g/mol. The van der Waals surface area contributed by atoms with Crippen molar-refractivity contribution in [3.05, 3.63) is 0 Å². The molecule has 0 saturated carbocycles. The Labute approximate surface area is 106 Å². The number of guanidine groups is 1. The van der Waals surface area contributed by atoms with E-state index >= 15 is 0 Å². The van der Waals surface area contributed by atoms with Crippen molar-refractivity contribution in [3.63, 3.8) is 0 Å². The van der Waals surface area contributed by atoms with Gasteiger partial charge in [-0.3, -0.25) is 4.99 Å². The minimum absolute atomic E-state index is 0.747. The highest BCUT2D eigenvalue weighted by Crippen LogP contribution is 2.16. The standard InChI is InChI=1S/C13H28N4/c1-6-8-17-9-7-12(11-17)10-14-13(15(2)3)16(4)5/h12H,6-11H2,1-5H3. The van der Waals surface area contributed by atoms with Crippen molar-refractivity contribution in [2.75, 3.05) is 54.4 Å². The van der Waals surface area contributed by atoms with E-state index in [1.165, 1.54) is 32.5 Å². The van der Waals surface area contributed by atoms with E-state index in [0.29, 0.717) is 0 Å². The second kappa shape index (κ2) is 6.84. The third kappa shape index (κ3) is 4.54. The van der Waals surface area contributed by atoms with Crippen LogP contribution in [-0.4, -0.2) is 75.0 Å². The lowest BCUT2D eigenvalue weighted by molar-refractivity contribution is 0.326. The number of aliphatic imine (C=N–C) groups is 1. The largest absolute Gasteiger partial charge is 0.349 e. The summed E-state index contributed by atoms with van der Waals surface area (Å²) in [7, 11) is 8.21. The Bertz CT molecular complexity index is 238. The summed E-state index contributed by atoms with van der Waals surface area (Å²) in [5, 5.41) is 0. The van der Waals surface area contributed by atoms with Gasteiger partial charge in [0, 0.05) is 41.3 Å². The van der Waals surface area contributed by atoms with E-state index in [1.807, 2.05) is 0 Å². The highest BCUT2D eigenvalue weighted by molar-refractivity contribution is 5.79. The molecule has 1 saturated heterocycles. The molecule has 4 nitrogen and oxygen atoms in total. The second-order valence-corrected chi connectivity index (χ2v) is 5.38. The summed E-state index contributed by atoms with van der Waals surface area (Å²) in [5.74, 6) is 1.82. The molecule has 1 atom stereocenters. The van der Waals surface area contributed by atoms with Crippen molar-refractivity contribution in [1.82, 2.24) is 14.7 Å². The first-order valence-electron chi connectivity index (χ1n) is 6.66. The molecule has 1 aliphatic rings. The fraction of sp³-hybridized carbons (Fsp3) is 0.923. The molecule has 1 unspecified atom stereocenters. The first-order valence-corrected chi connectivity index (χ1v) is 6.66. The molecule has 1 heterocycles. The molecule has 0 aromatic rings. The average molecular weight is 240 g/mol. The fourth-order valence-electron chi connectivity index (χ4n) is 2.47. The van der Waals surface area contributed by atoms with E-state index < -0.39 is 0 Å². The van der Waals surface area contributed by atoms with Crippen LogP contribution in [0.4, 0.5) is 0 Å². The van der Waals surface area contributed by atoms with Gasteiger partial charge in [0.15, 0.2) is 5.96 Å². The van der Waals surface area contributed by atoms with Gasteiger partial charge in [-0.15, -0.1) is 0 Å². The van der Waals surface area contributed by atoms with Crippen LogP contribution in [0.1, 0.15) is 19.8 Å². The lowest BCUT2D eigenvalue weighted by atomic mass is 10.1. The molecule has 100 valence electrons. The van der Waals surface area contributed by atoms with Gasteiger partial charge in [0.05, 0.1) is 0 Å². The van der Waals surface area contributed by atoms with Gasteiger partial charge in [0.25, 0.3) is 0 Å². The lowest BCUT2D eigenvalue weighted by Gasteiger charge is -2.23. The van der Waals surface area contributed by atoms with Crippen molar-refractivity contribution in [2.24, 2.45) is 10.9 Å². The summed E-state index contributed by atoms with van der Waals surface area (Å²) in [4.78, 5) is 11.5. The van der Waals surface area contributed by atoms with Crippen LogP contribution in [0.15, 0.2) is 4.99 Å². The number of hydrogen-bond donors (Lipinski definition) is 0. The summed E-state index contributed by atoms with van der Waals surface area (Å²) >= 11 is 0. The van der Waals surface area contributed by atoms with Crippen LogP contribution in [0.2, 0.25) is 0 Å². The Morgan fingerprint density at radius 3 is 2.41 bits per heavy atom. The maximum absolute atomic E-state index is 4.74. The number of rotatable bonds is 4. The van der Waals surface area contributed by atoms with Crippen molar-refractivity contribution in [1.29, 1.82) is 0 Å². The normalized spacial score (nSPS) is 20.4. The van der Waals surface area contributed by atoms with Gasteiger partial charge in [-0.05, 0) is 31.8 Å². The Hall–Kier alpha value is -0.770. The molecular formula is C13H28N4. The van der Waals surface area contributed by atoms with E-state index in [4.69, 9.17) is 4.99 Å². The predicted octanol–water partition coefficient (Wildman–Crippen LogP) is 1.20. The second-order valence-electron chi connectivity index (χ2n) is 5.38. The van der Waals surface area contributed by atoms with E-state index in [2.05, 4.69) is 49.8 Å². The molecule has 0 bridgehead atoms. The van der Waals surface area contributed by atoms with Crippen LogP contribution in [0.5, 0.6) is 0 Å². The molecule has 0 aromatic heterocycles. The van der Waals surface area contributed by atoms with Gasteiger partial charge in [-0.25, -0.2) is 0 Å². The van der Waals surface area contributed by atoms with Crippen LogP contribution in [-0.2, 0) is 0 Å². The highest BCUT2D eigenvalue weighted by atomic mass is 15.3. The summed E-state index contributed by atoms with van der Waals surface area (Å²) < 4.78 is 0. The average Bonchev–Trinajstić information content (AvgIpc) is 2.65. The van der Waals surface area contributed by atoms with Crippen molar-refractivity contribution >= 4 is 5.96 Å². The molecule has 0 aliphatic carbocycles. The summed E-state index contributed by atoms with van der Waals surface area (Å²) in [6, 6.07) is 0. The van der Waals surface area contributed by atoms with Crippen LogP contribution in [0.3, 0.4) is 0 Å². The maximum atomic E-state index is 4.74. The molecule has 0 amide bonds. The molecule has 0 aromatic carbocycles. The van der Waals surface area contributed by atoms with E-state index in [9.17, 15) is 0 Å². The van der Waals surface area contributed by atoms with E-state index in [-0.39, 0.29) is 0 Å². The zero-order valence-electron chi connectivity index (χ0n) is 12.1. The Morgan fingerprint density at radius 2 is 1.88 bits per heavy atom. The predicted molar refractivity (Wildman–Crippen MR) is 74.5 cm³/mol. The monoisotopic (exact) mass is 240 g/mol. The molecule has 1 rings (SSSR count). The quantitative estimate of drug-likeness (QED) is 0.544. The Balaban J connectivity index is 2.42. The SMILES string of the molecule is CCCN1CCC(CN=C(N(C)C)N(C)C)C1. The van der Waals surface area contributed by atoms with E-state index in [1.54, 1.807) is 0 Å². The van der Waals surface area contributed by atoms with Gasteiger partial charge in [-0.1, -0.05) is 6.92 Å². The highest BCUT2D eigenvalue weighted by Gasteiger charge is 2.21. The van der Waals surface area contributed by atoms with Crippen molar-refractivity contribution in [2.45, 2.75) is 19.8 Å². The first-order chi connectivity index (χ1) is 8.04. The van der Waals surface area contributed by atoms with Crippen LogP contribution >= 0.6 is 0 Å². The summed E-state index contributed by atoms with van der Waals surface area (Å²) in [5.41, 5.74) is 0.